The quantitative estimate of drug-likeness (QED) is 0.599. The van der Waals surface area contributed by atoms with Crippen molar-refractivity contribution in [3.63, 3.8) is 0 Å². The van der Waals surface area contributed by atoms with E-state index in [4.69, 9.17) is 0 Å². The second-order valence-corrected chi connectivity index (χ2v) is 4.69. The van der Waals surface area contributed by atoms with Gasteiger partial charge in [-0.1, -0.05) is 12.1 Å². The van der Waals surface area contributed by atoms with Gasteiger partial charge >= 0.3 is 0 Å². The van der Waals surface area contributed by atoms with Crippen LogP contribution in [0.1, 0.15) is 15.9 Å². The number of rotatable bonds is 4. The number of hydrogen-bond acceptors (Lipinski definition) is 3. The summed E-state index contributed by atoms with van der Waals surface area (Å²) in [6, 6.07) is 9.92. The van der Waals surface area contributed by atoms with Crippen molar-refractivity contribution in [1.82, 2.24) is 5.32 Å². The molecule has 0 spiro atoms. The van der Waals surface area contributed by atoms with Crippen LogP contribution in [0, 0.1) is 5.82 Å². The first-order valence-corrected chi connectivity index (χ1v) is 6.79. The number of amides is 2. The minimum Gasteiger partial charge on any atom is -0.506 e. The lowest BCUT2D eigenvalue weighted by Gasteiger charge is -2.05. The van der Waals surface area contributed by atoms with Gasteiger partial charge in [0.15, 0.2) is 0 Å². The van der Waals surface area contributed by atoms with E-state index in [0.717, 1.165) is 23.8 Å². The number of phenols is 1. The Balaban J connectivity index is 2.03. The van der Waals surface area contributed by atoms with Gasteiger partial charge in [0.2, 0.25) is 5.91 Å². The van der Waals surface area contributed by atoms with E-state index in [9.17, 15) is 19.1 Å². The number of carbonyl (C=O) groups excluding carboxylic acids is 2. The van der Waals surface area contributed by atoms with Gasteiger partial charge in [0.25, 0.3) is 5.91 Å². The highest BCUT2D eigenvalue weighted by Crippen LogP contribution is 2.23. The maximum Gasteiger partial charge on any atom is 0.251 e. The lowest BCUT2D eigenvalue weighted by molar-refractivity contribution is -0.111. The molecule has 23 heavy (non-hydrogen) atoms. The normalized spacial score (nSPS) is 10.5. The van der Waals surface area contributed by atoms with Crippen LogP contribution in [0.5, 0.6) is 5.75 Å². The van der Waals surface area contributed by atoms with E-state index in [1.54, 1.807) is 37.4 Å². The molecule has 2 aromatic rings. The summed E-state index contributed by atoms with van der Waals surface area (Å²) in [6.07, 6.45) is 2.79. The third-order valence-corrected chi connectivity index (χ3v) is 3.04. The van der Waals surface area contributed by atoms with Crippen molar-refractivity contribution in [2.24, 2.45) is 0 Å². The van der Waals surface area contributed by atoms with Crippen LogP contribution >= 0.6 is 0 Å². The number of phenolic OH excluding ortho intramolecular Hbond substituents is 1. The summed E-state index contributed by atoms with van der Waals surface area (Å²) in [6.45, 7) is 0. The predicted octanol–water partition coefficient (Wildman–Crippen LogP) is 2.54. The largest absolute Gasteiger partial charge is 0.506 e. The van der Waals surface area contributed by atoms with Crippen molar-refractivity contribution >= 4 is 23.6 Å². The number of anilines is 1. The number of carbonyl (C=O) groups is 2. The second kappa shape index (κ2) is 7.22. The van der Waals surface area contributed by atoms with Gasteiger partial charge in [0.1, 0.15) is 11.6 Å². The molecule has 0 unspecified atom stereocenters. The van der Waals surface area contributed by atoms with Crippen molar-refractivity contribution in [2.75, 3.05) is 12.4 Å². The molecule has 0 saturated heterocycles. The van der Waals surface area contributed by atoms with E-state index >= 15 is 0 Å². The molecule has 6 heteroatoms. The average Bonchev–Trinajstić information content (AvgIpc) is 2.56. The minimum atomic E-state index is -0.563. The predicted molar refractivity (Wildman–Crippen MR) is 85.6 cm³/mol. The SMILES string of the molecule is CNC(=O)c1ccc(C=CC(=O)Nc2cc(F)ccc2O)cc1. The highest BCUT2D eigenvalue weighted by molar-refractivity contribution is 6.02. The summed E-state index contributed by atoms with van der Waals surface area (Å²) < 4.78 is 13.1. The van der Waals surface area contributed by atoms with Crippen LogP contribution in [0.15, 0.2) is 48.5 Å². The summed E-state index contributed by atoms with van der Waals surface area (Å²) in [7, 11) is 1.54. The van der Waals surface area contributed by atoms with Gasteiger partial charge in [-0.3, -0.25) is 9.59 Å². The molecule has 2 amide bonds. The monoisotopic (exact) mass is 314 g/mol. The lowest BCUT2D eigenvalue weighted by Crippen LogP contribution is -2.17. The Bertz CT molecular complexity index is 755. The number of nitrogens with one attached hydrogen (secondary N) is 2. The van der Waals surface area contributed by atoms with Gasteiger partial charge in [-0.25, -0.2) is 4.39 Å². The first-order valence-electron chi connectivity index (χ1n) is 6.79. The van der Waals surface area contributed by atoms with Crippen molar-refractivity contribution in [3.8, 4) is 5.75 Å². The molecule has 0 aromatic heterocycles. The van der Waals surface area contributed by atoms with Gasteiger partial charge < -0.3 is 15.7 Å². The van der Waals surface area contributed by atoms with Crippen LogP contribution in [0.3, 0.4) is 0 Å². The van der Waals surface area contributed by atoms with Gasteiger partial charge in [-0.15, -0.1) is 0 Å². The third-order valence-electron chi connectivity index (χ3n) is 3.04. The summed E-state index contributed by atoms with van der Waals surface area (Å²) in [4.78, 5) is 23.2. The van der Waals surface area contributed by atoms with Crippen LogP contribution < -0.4 is 10.6 Å². The summed E-state index contributed by atoms with van der Waals surface area (Å²) >= 11 is 0. The maximum absolute atomic E-state index is 13.1. The molecule has 3 N–H and O–H groups in total. The smallest absolute Gasteiger partial charge is 0.251 e. The van der Waals surface area contributed by atoms with Crippen LogP contribution in [-0.4, -0.2) is 24.0 Å². The molecule has 0 fully saturated rings. The molecule has 0 aliphatic rings. The fourth-order valence-corrected chi connectivity index (χ4v) is 1.84. The summed E-state index contributed by atoms with van der Waals surface area (Å²) in [5, 5.41) is 14.4. The van der Waals surface area contributed by atoms with Gasteiger partial charge in [-0.05, 0) is 35.9 Å². The van der Waals surface area contributed by atoms with Crippen molar-refractivity contribution in [3.05, 3.63) is 65.5 Å². The van der Waals surface area contributed by atoms with Crippen molar-refractivity contribution < 1.29 is 19.1 Å². The zero-order valence-corrected chi connectivity index (χ0v) is 12.3. The molecule has 0 saturated carbocycles. The lowest BCUT2D eigenvalue weighted by atomic mass is 10.1. The van der Waals surface area contributed by atoms with E-state index in [0.29, 0.717) is 5.56 Å². The van der Waals surface area contributed by atoms with Gasteiger partial charge in [-0.2, -0.15) is 0 Å². The Kier molecular flexibility index (Phi) is 5.09. The molecule has 2 aromatic carbocycles. The highest BCUT2D eigenvalue weighted by atomic mass is 19.1. The zero-order chi connectivity index (χ0) is 16.8. The first kappa shape index (κ1) is 16.2. The number of benzene rings is 2. The molecule has 0 aliphatic heterocycles. The first-order chi connectivity index (χ1) is 11.0. The number of halogens is 1. The Morgan fingerprint density at radius 3 is 2.48 bits per heavy atom. The van der Waals surface area contributed by atoms with Crippen LogP contribution in [0.25, 0.3) is 6.08 Å². The Morgan fingerprint density at radius 2 is 1.83 bits per heavy atom. The van der Waals surface area contributed by atoms with Crippen molar-refractivity contribution in [2.45, 2.75) is 0 Å². The fraction of sp³-hybridized carbons (Fsp3) is 0.0588. The van der Waals surface area contributed by atoms with E-state index in [-0.39, 0.29) is 17.3 Å². The van der Waals surface area contributed by atoms with Gasteiger partial charge in [0, 0.05) is 24.8 Å². The van der Waals surface area contributed by atoms with Crippen LogP contribution in [-0.2, 0) is 4.79 Å². The molecule has 0 bridgehead atoms. The van der Waals surface area contributed by atoms with E-state index < -0.39 is 11.7 Å². The van der Waals surface area contributed by atoms with Crippen molar-refractivity contribution in [1.29, 1.82) is 0 Å². The van der Waals surface area contributed by atoms with Crippen LogP contribution in [0.2, 0.25) is 0 Å². The molecule has 0 heterocycles. The molecule has 0 aliphatic carbocycles. The highest BCUT2D eigenvalue weighted by Gasteiger charge is 2.05. The second-order valence-electron chi connectivity index (χ2n) is 4.69. The van der Waals surface area contributed by atoms with E-state index in [1.807, 2.05) is 0 Å². The maximum atomic E-state index is 13.1. The number of hydrogen-bond donors (Lipinski definition) is 3. The number of aromatic hydroxyl groups is 1. The van der Waals surface area contributed by atoms with Crippen LogP contribution in [0.4, 0.5) is 10.1 Å². The molecular weight excluding hydrogens is 299 g/mol. The fourth-order valence-electron chi connectivity index (χ4n) is 1.84. The van der Waals surface area contributed by atoms with E-state index in [2.05, 4.69) is 10.6 Å². The topological polar surface area (TPSA) is 78.4 Å². The van der Waals surface area contributed by atoms with E-state index in [1.165, 1.54) is 6.08 Å². The average molecular weight is 314 g/mol. The standard InChI is InChI=1S/C17H15FN2O3/c1-19-17(23)12-5-2-11(3-6-12)4-9-16(22)20-14-10-13(18)7-8-15(14)21/h2-10,21H,1H3,(H,19,23)(H,20,22). The zero-order valence-electron chi connectivity index (χ0n) is 12.3. The molecular formula is C17H15FN2O3. The third kappa shape index (κ3) is 4.41. The molecule has 5 nitrogen and oxygen atoms in total. The summed E-state index contributed by atoms with van der Waals surface area (Å²) in [5.74, 6) is -1.49. The summed E-state index contributed by atoms with van der Waals surface area (Å²) in [5.41, 5.74) is 1.23. The Labute approximate surface area is 132 Å². The van der Waals surface area contributed by atoms with Gasteiger partial charge in [0.05, 0.1) is 5.69 Å². The molecule has 118 valence electrons. The minimum absolute atomic E-state index is 0.00499. The molecule has 2 rings (SSSR count). The Hall–Kier alpha value is -3.15. The molecule has 0 radical (unpaired) electrons. The molecule has 0 atom stereocenters. The Morgan fingerprint density at radius 1 is 1.13 bits per heavy atom.